The van der Waals surface area contributed by atoms with Crippen molar-refractivity contribution < 1.29 is 22.0 Å². The highest BCUT2D eigenvalue weighted by atomic mass is 19.3. The minimum Gasteiger partial charge on any atom is -0.250 e. The normalized spacial score (nSPS) is 11.7. The zero-order valence-electron chi connectivity index (χ0n) is 10.1. The highest BCUT2D eigenvalue weighted by Gasteiger charge is 2.31. The lowest BCUT2D eigenvalue weighted by atomic mass is 10.1. The first-order chi connectivity index (χ1) is 9.40. The summed E-state index contributed by atoms with van der Waals surface area (Å²) in [6, 6.07) is 4.22. The van der Waals surface area contributed by atoms with E-state index in [1.165, 1.54) is 24.3 Å². The molecule has 0 aromatic heterocycles. The Morgan fingerprint density at radius 3 is 2.00 bits per heavy atom. The average molecular weight is 287 g/mol. The molecule has 1 N–H and O–H groups in total. The molecular weight excluding hydrogens is 277 g/mol. The highest BCUT2D eigenvalue weighted by Crippen LogP contribution is 2.25. The number of hydrogen-bond donors (Lipinski definition) is 1. The SMILES string of the molecule is Fc1cc(F)c(CNC(F)(F)c2ccccc2)c(F)c1. The van der Waals surface area contributed by atoms with E-state index >= 15 is 0 Å². The van der Waals surface area contributed by atoms with Gasteiger partial charge in [0.25, 0.3) is 0 Å². The maximum absolute atomic E-state index is 13.8. The second-order valence-electron chi connectivity index (χ2n) is 4.14. The molecule has 0 heterocycles. The van der Waals surface area contributed by atoms with Gasteiger partial charge >= 0.3 is 6.05 Å². The van der Waals surface area contributed by atoms with Gasteiger partial charge in [0.15, 0.2) is 0 Å². The van der Waals surface area contributed by atoms with Crippen LogP contribution in [0.4, 0.5) is 22.0 Å². The van der Waals surface area contributed by atoms with Crippen LogP contribution in [0.1, 0.15) is 11.1 Å². The number of hydrogen-bond acceptors (Lipinski definition) is 1. The van der Waals surface area contributed by atoms with Gasteiger partial charge in [-0.05, 0) is 0 Å². The van der Waals surface area contributed by atoms with Crippen molar-refractivity contribution in [1.82, 2.24) is 5.32 Å². The fourth-order valence-corrected chi connectivity index (χ4v) is 1.69. The number of alkyl halides is 2. The first-order valence-corrected chi connectivity index (χ1v) is 5.72. The van der Waals surface area contributed by atoms with E-state index in [0.29, 0.717) is 12.1 Å². The van der Waals surface area contributed by atoms with Crippen LogP contribution in [0.5, 0.6) is 0 Å². The van der Waals surface area contributed by atoms with Gasteiger partial charge in [0.1, 0.15) is 17.5 Å². The standard InChI is InChI=1S/C14H10F5N/c15-10-6-12(16)11(13(17)7-10)8-20-14(18,19)9-4-2-1-3-5-9/h1-7,20H,8H2. The Hall–Kier alpha value is -1.95. The molecule has 0 fully saturated rings. The lowest BCUT2D eigenvalue weighted by Gasteiger charge is -2.18. The van der Waals surface area contributed by atoms with Gasteiger partial charge in [-0.2, -0.15) is 8.78 Å². The van der Waals surface area contributed by atoms with Gasteiger partial charge in [0, 0.05) is 29.8 Å². The summed E-state index contributed by atoms with van der Waals surface area (Å²) in [5.41, 5.74) is -0.968. The zero-order chi connectivity index (χ0) is 14.8. The summed E-state index contributed by atoms with van der Waals surface area (Å²) < 4.78 is 66.9. The highest BCUT2D eigenvalue weighted by molar-refractivity contribution is 5.23. The van der Waals surface area contributed by atoms with Crippen LogP contribution < -0.4 is 5.32 Å². The van der Waals surface area contributed by atoms with E-state index in [2.05, 4.69) is 0 Å². The summed E-state index contributed by atoms with van der Waals surface area (Å²) >= 11 is 0. The monoisotopic (exact) mass is 287 g/mol. The quantitative estimate of drug-likeness (QED) is 0.663. The third kappa shape index (κ3) is 3.14. The van der Waals surface area contributed by atoms with Gasteiger partial charge in [-0.1, -0.05) is 30.3 Å². The molecule has 2 aromatic rings. The Kier molecular flexibility index (Phi) is 4.04. The molecule has 20 heavy (non-hydrogen) atoms. The number of halogens is 5. The van der Waals surface area contributed by atoms with Crippen molar-refractivity contribution in [3.05, 3.63) is 71.0 Å². The average Bonchev–Trinajstić information content (AvgIpc) is 2.38. The molecule has 0 bridgehead atoms. The summed E-state index contributed by atoms with van der Waals surface area (Å²) in [6.45, 7) is -0.764. The molecule has 0 saturated carbocycles. The molecule has 0 amide bonds. The van der Waals surface area contributed by atoms with Crippen LogP contribution in [0.25, 0.3) is 0 Å². The van der Waals surface area contributed by atoms with Gasteiger partial charge < -0.3 is 0 Å². The zero-order valence-corrected chi connectivity index (χ0v) is 10.1. The van der Waals surface area contributed by atoms with E-state index in [-0.39, 0.29) is 5.56 Å². The molecule has 2 aromatic carbocycles. The molecule has 0 atom stereocenters. The van der Waals surface area contributed by atoms with Crippen molar-refractivity contribution in [3.8, 4) is 0 Å². The molecule has 0 aliphatic rings. The summed E-state index contributed by atoms with van der Waals surface area (Å²) in [5.74, 6) is -3.52. The first-order valence-electron chi connectivity index (χ1n) is 5.72. The van der Waals surface area contributed by atoms with E-state index in [1.807, 2.05) is 0 Å². The van der Waals surface area contributed by atoms with E-state index in [0.717, 1.165) is 0 Å². The number of nitrogens with one attached hydrogen (secondary N) is 1. The van der Waals surface area contributed by atoms with E-state index in [9.17, 15) is 22.0 Å². The topological polar surface area (TPSA) is 12.0 Å². The lowest BCUT2D eigenvalue weighted by Crippen LogP contribution is -2.33. The Labute approximate surface area is 112 Å². The van der Waals surface area contributed by atoms with Crippen LogP contribution in [0.3, 0.4) is 0 Å². The van der Waals surface area contributed by atoms with Gasteiger partial charge in [0.2, 0.25) is 0 Å². The summed E-state index contributed by atoms with van der Waals surface area (Å²) in [7, 11) is 0. The molecule has 2 rings (SSSR count). The molecule has 6 heteroatoms. The van der Waals surface area contributed by atoms with Crippen molar-refractivity contribution in [2.75, 3.05) is 0 Å². The van der Waals surface area contributed by atoms with E-state index < -0.39 is 35.6 Å². The van der Waals surface area contributed by atoms with Crippen molar-refractivity contribution in [3.63, 3.8) is 0 Å². The maximum Gasteiger partial charge on any atom is 0.329 e. The Morgan fingerprint density at radius 1 is 0.900 bits per heavy atom. The maximum atomic E-state index is 13.8. The van der Waals surface area contributed by atoms with Crippen molar-refractivity contribution in [2.45, 2.75) is 12.6 Å². The van der Waals surface area contributed by atoms with Gasteiger partial charge in [0.05, 0.1) is 0 Å². The minimum absolute atomic E-state index is 0.331. The van der Waals surface area contributed by atoms with Crippen molar-refractivity contribution in [2.24, 2.45) is 0 Å². The van der Waals surface area contributed by atoms with Crippen LogP contribution in [-0.4, -0.2) is 0 Å². The molecule has 0 aliphatic carbocycles. The summed E-state index contributed by atoms with van der Waals surface area (Å²) in [5, 5.41) is 1.76. The van der Waals surface area contributed by atoms with Crippen LogP contribution in [-0.2, 0) is 12.6 Å². The molecule has 1 nitrogen and oxygen atoms in total. The number of benzene rings is 2. The molecule has 0 saturated heterocycles. The number of rotatable bonds is 4. The Morgan fingerprint density at radius 2 is 1.45 bits per heavy atom. The van der Waals surface area contributed by atoms with E-state index in [4.69, 9.17) is 0 Å². The van der Waals surface area contributed by atoms with Crippen molar-refractivity contribution >= 4 is 0 Å². The Bertz CT molecular complexity index is 575. The smallest absolute Gasteiger partial charge is 0.250 e. The lowest BCUT2D eigenvalue weighted by molar-refractivity contribution is -0.0436. The summed E-state index contributed by atoms with van der Waals surface area (Å²) in [4.78, 5) is 0. The predicted octanol–water partition coefficient (Wildman–Crippen LogP) is 3.94. The van der Waals surface area contributed by atoms with Crippen molar-refractivity contribution in [1.29, 1.82) is 0 Å². The molecule has 0 aliphatic heterocycles. The van der Waals surface area contributed by atoms with Crippen LogP contribution in [0.15, 0.2) is 42.5 Å². The fraction of sp³-hybridized carbons (Fsp3) is 0.143. The van der Waals surface area contributed by atoms with Crippen LogP contribution in [0, 0.1) is 17.5 Å². The molecule has 0 unspecified atom stereocenters. The van der Waals surface area contributed by atoms with Crippen LogP contribution >= 0.6 is 0 Å². The summed E-state index contributed by atoms with van der Waals surface area (Å²) in [6.07, 6.45) is 0. The fourth-order valence-electron chi connectivity index (χ4n) is 1.69. The molecule has 106 valence electrons. The Balaban J connectivity index is 2.17. The third-order valence-corrected chi connectivity index (χ3v) is 2.73. The van der Waals surface area contributed by atoms with Gasteiger partial charge in [-0.25, -0.2) is 18.5 Å². The molecule has 0 radical (unpaired) electrons. The second kappa shape index (κ2) is 5.58. The van der Waals surface area contributed by atoms with Gasteiger partial charge in [-0.15, -0.1) is 0 Å². The second-order valence-corrected chi connectivity index (χ2v) is 4.14. The van der Waals surface area contributed by atoms with Gasteiger partial charge in [-0.3, -0.25) is 0 Å². The third-order valence-electron chi connectivity index (χ3n) is 2.73. The molecule has 0 spiro atoms. The minimum atomic E-state index is -3.45. The first kappa shape index (κ1) is 14.5. The van der Waals surface area contributed by atoms with E-state index in [1.54, 1.807) is 11.4 Å². The largest absolute Gasteiger partial charge is 0.329 e. The molecular formula is C14H10F5N. The predicted molar refractivity (Wildman–Crippen MR) is 63.5 cm³/mol. The van der Waals surface area contributed by atoms with Crippen LogP contribution in [0.2, 0.25) is 0 Å².